The summed E-state index contributed by atoms with van der Waals surface area (Å²) in [5.74, 6) is 0.117. The van der Waals surface area contributed by atoms with E-state index in [4.69, 9.17) is 17.0 Å². The Balaban J connectivity index is 1.28. The number of benzene rings is 2. The summed E-state index contributed by atoms with van der Waals surface area (Å²) in [6.45, 7) is 7.25. The van der Waals surface area contributed by atoms with Gasteiger partial charge in [0.15, 0.2) is 5.11 Å². The first-order valence-electron chi connectivity index (χ1n) is 11.5. The van der Waals surface area contributed by atoms with Gasteiger partial charge in [-0.15, -0.1) is 0 Å². The average Bonchev–Trinajstić information content (AvgIpc) is 2.85. The third kappa shape index (κ3) is 5.78. The highest BCUT2D eigenvalue weighted by Gasteiger charge is 2.18. The van der Waals surface area contributed by atoms with Crippen molar-refractivity contribution in [3.05, 3.63) is 59.7 Å². The van der Waals surface area contributed by atoms with Gasteiger partial charge in [-0.3, -0.25) is 4.79 Å². The van der Waals surface area contributed by atoms with Gasteiger partial charge in [0.2, 0.25) is 0 Å². The number of carbonyl (C=O) groups excluding carboxylic acids is 1. The lowest BCUT2D eigenvalue weighted by Crippen LogP contribution is -2.36. The molecule has 2 aliphatic heterocycles. The van der Waals surface area contributed by atoms with Crippen molar-refractivity contribution in [2.24, 2.45) is 0 Å². The summed E-state index contributed by atoms with van der Waals surface area (Å²) in [5, 5.41) is 7.13. The van der Waals surface area contributed by atoms with E-state index in [1.807, 2.05) is 29.2 Å². The lowest BCUT2D eigenvalue weighted by Gasteiger charge is -2.29. The molecule has 0 aromatic heterocycles. The number of carbonyl (C=O) groups is 1. The molecule has 2 fully saturated rings. The molecule has 2 heterocycles. The number of ether oxygens (including phenoxy) is 1. The standard InChI is InChI=1S/C25H32N4O2S/c1-19(20-7-11-23(12-8-20)28-15-17-31-18-16-28)26-25(32)27-22-9-5-21(6-10-22)24(30)29-13-3-2-4-14-29/h5-12,19H,2-4,13-18H2,1H3,(H2,26,27,32)/t19-/m0/s1. The molecule has 7 heteroatoms. The van der Waals surface area contributed by atoms with Crippen LogP contribution in [0.15, 0.2) is 48.5 Å². The minimum atomic E-state index is 0.0775. The first-order chi connectivity index (χ1) is 15.6. The SMILES string of the molecule is C[C@H](NC(=S)Nc1ccc(C(=O)N2CCCCC2)cc1)c1ccc(N2CCOCC2)cc1. The van der Waals surface area contributed by atoms with E-state index < -0.39 is 0 Å². The molecule has 1 amide bonds. The molecule has 32 heavy (non-hydrogen) atoms. The van der Waals surface area contributed by atoms with E-state index in [0.717, 1.165) is 63.5 Å². The molecule has 2 aromatic rings. The fourth-order valence-electron chi connectivity index (χ4n) is 4.22. The molecule has 0 bridgehead atoms. The van der Waals surface area contributed by atoms with E-state index in [9.17, 15) is 4.79 Å². The molecule has 0 unspecified atom stereocenters. The first kappa shape index (κ1) is 22.6. The largest absolute Gasteiger partial charge is 0.378 e. The predicted octanol–water partition coefficient (Wildman–Crippen LogP) is 4.20. The van der Waals surface area contributed by atoms with Crippen LogP contribution in [0.5, 0.6) is 0 Å². The van der Waals surface area contributed by atoms with Crippen LogP contribution in [0, 0.1) is 0 Å². The smallest absolute Gasteiger partial charge is 0.253 e. The molecule has 2 aromatic carbocycles. The van der Waals surface area contributed by atoms with E-state index in [1.165, 1.54) is 17.7 Å². The minimum Gasteiger partial charge on any atom is -0.378 e. The summed E-state index contributed by atoms with van der Waals surface area (Å²) >= 11 is 5.51. The van der Waals surface area contributed by atoms with Gasteiger partial charge in [0.25, 0.3) is 5.91 Å². The van der Waals surface area contributed by atoms with Crippen molar-refractivity contribution in [2.45, 2.75) is 32.2 Å². The first-order valence-corrected chi connectivity index (χ1v) is 11.9. The van der Waals surface area contributed by atoms with Gasteiger partial charge in [-0.05, 0) is 80.4 Å². The maximum absolute atomic E-state index is 12.6. The number of nitrogens with zero attached hydrogens (tertiary/aromatic N) is 2. The number of rotatable bonds is 5. The van der Waals surface area contributed by atoms with Crippen LogP contribution in [0.1, 0.15) is 48.1 Å². The van der Waals surface area contributed by atoms with E-state index in [2.05, 4.69) is 46.7 Å². The van der Waals surface area contributed by atoms with Crippen LogP contribution in [0.3, 0.4) is 0 Å². The third-order valence-corrected chi connectivity index (χ3v) is 6.37. The van der Waals surface area contributed by atoms with Crippen molar-refractivity contribution in [3.63, 3.8) is 0 Å². The Morgan fingerprint density at radius 3 is 2.25 bits per heavy atom. The van der Waals surface area contributed by atoms with Crippen molar-refractivity contribution in [2.75, 3.05) is 49.6 Å². The highest BCUT2D eigenvalue weighted by molar-refractivity contribution is 7.80. The summed E-state index contributed by atoms with van der Waals surface area (Å²) < 4.78 is 5.43. The second-order valence-corrected chi connectivity index (χ2v) is 8.85. The lowest BCUT2D eigenvalue weighted by atomic mass is 10.1. The van der Waals surface area contributed by atoms with E-state index in [1.54, 1.807) is 0 Å². The van der Waals surface area contributed by atoms with Crippen LogP contribution < -0.4 is 15.5 Å². The van der Waals surface area contributed by atoms with Gasteiger partial charge in [0.05, 0.1) is 19.3 Å². The minimum absolute atomic E-state index is 0.0775. The molecule has 0 radical (unpaired) electrons. The summed E-state index contributed by atoms with van der Waals surface area (Å²) in [7, 11) is 0. The number of amides is 1. The number of hydrogen-bond acceptors (Lipinski definition) is 4. The normalized spacial score (nSPS) is 17.5. The summed E-state index contributed by atoms with van der Waals surface area (Å²) in [4.78, 5) is 16.9. The Morgan fingerprint density at radius 2 is 1.59 bits per heavy atom. The summed E-state index contributed by atoms with van der Waals surface area (Å²) in [6.07, 6.45) is 3.41. The topological polar surface area (TPSA) is 56.8 Å². The number of likely N-dealkylation sites (tertiary alicyclic amines) is 1. The number of nitrogens with one attached hydrogen (secondary N) is 2. The maximum atomic E-state index is 12.6. The van der Waals surface area contributed by atoms with Crippen LogP contribution in [0.4, 0.5) is 11.4 Å². The number of anilines is 2. The van der Waals surface area contributed by atoms with Gasteiger partial charge >= 0.3 is 0 Å². The number of morpholine rings is 1. The van der Waals surface area contributed by atoms with Crippen molar-refractivity contribution in [3.8, 4) is 0 Å². The molecule has 6 nitrogen and oxygen atoms in total. The van der Waals surface area contributed by atoms with Crippen LogP contribution in [-0.2, 0) is 4.74 Å². The Labute approximate surface area is 195 Å². The molecule has 2 saturated heterocycles. The van der Waals surface area contributed by atoms with Gasteiger partial charge < -0.3 is 25.2 Å². The second-order valence-electron chi connectivity index (χ2n) is 8.44. The van der Waals surface area contributed by atoms with Crippen LogP contribution in [0.2, 0.25) is 0 Å². The molecule has 2 aliphatic rings. The van der Waals surface area contributed by atoms with E-state index in [-0.39, 0.29) is 11.9 Å². The molecule has 2 N–H and O–H groups in total. The lowest BCUT2D eigenvalue weighted by molar-refractivity contribution is 0.0724. The molecule has 170 valence electrons. The monoisotopic (exact) mass is 452 g/mol. The Hall–Kier alpha value is -2.64. The molecule has 1 atom stereocenters. The maximum Gasteiger partial charge on any atom is 0.253 e. The quantitative estimate of drug-likeness (QED) is 0.664. The Morgan fingerprint density at radius 1 is 0.938 bits per heavy atom. The highest BCUT2D eigenvalue weighted by Crippen LogP contribution is 2.21. The molecule has 4 rings (SSSR count). The predicted molar refractivity (Wildman–Crippen MR) is 133 cm³/mol. The van der Waals surface area contributed by atoms with Crippen LogP contribution in [0.25, 0.3) is 0 Å². The van der Waals surface area contributed by atoms with Crippen molar-refractivity contribution >= 4 is 34.6 Å². The number of thiocarbonyl (C=S) groups is 1. The van der Waals surface area contributed by atoms with E-state index in [0.29, 0.717) is 5.11 Å². The van der Waals surface area contributed by atoms with Crippen molar-refractivity contribution in [1.82, 2.24) is 10.2 Å². The molecular weight excluding hydrogens is 420 g/mol. The fourth-order valence-corrected chi connectivity index (χ4v) is 4.51. The zero-order valence-electron chi connectivity index (χ0n) is 18.7. The Bertz CT molecular complexity index is 905. The van der Waals surface area contributed by atoms with Gasteiger partial charge in [0, 0.05) is 43.1 Å². The van der Waals surface area contributed by atoms with Crippen molar-refractivity contribution in [1.29, 1.82) is 0 Å². The second kappa shape index (κ2) is 10.8. The summed E-state index contributed by atoms with van der Waals surface area (Å²) in [5.41, 5.74) is 4.00. The van der Waals surface area contributed by atoms with Gasteiger partial charge in [-0.25, -0.2) is 0 Å². The van der Waals surface area contributed by atoms with Crippen molar-refractivity contribution < 1.29 is 9.53 Å². The van der Waals surface area contributed by atoms with Gasteiger partial charge in [-0.2, -0.15) is 0 Å². The summed E-state index contributed by atoms with van der Waals surface area (Å²) in [6, 6.07) is 16.2. The van der Waals surface area contributed by atoms with Crippen LogP contribution in [-0.4, -0.2) is 55.3 Å². The van der Waals surface area contributed by atoms with Gasteiger partial charge in [-0.1, -0.05) is 12.1 Å². The average molecular weight is 453 g/mol. The zero-order valence-corrected chi connectivity index (χ0v) is 19.5. The number of piperidine rings is 1. The van der Waals surface area contributed by atoms with E-state index >= 15 is 0 Å². The zero-order chi connectivity index (χ0) is 22.3. The molecule has 0 aliphatic carbocycles. The molecule has 0 spiro atoms. The third-order valence-electron chi connectivity index (χ3n) is 6.15. The van der Waals surface area contributed by atoms with Crippen LogP contribution >= 0.6 is 12.2 Å². The number of hydrogen-bond donors (Lipinski definition) is 2. The van der Waals surface area contributed by atoms with Gasteiger partial charge in [0.1, 0.15) is 0 Å². The molecular formula is C25H32N4O2S. The molecule has 0 saturated carbocycles. The highest BCUT2D eigenvalue weighted by atomic mass is 32.1. The fraction of sp³-hybridized carbons (Fsp3) is 0.440. The Kier molecular flexibility index (Phi) is 7.60.